The van der Waals surface area contributed by atoms with Crippen LogP contribution in [0.4, 0.5) is 0 Å². The number of likely N-dealkylation sites (tertiary alicyclic amines) is 1. The molecular weight excluding hydrogens is 384 g/mol. The van der Waals surface area contributed by atoms with E-state index in [-0.39, 0.29) is 0 Å². The topological polar surface area (TPSA) is 47.1 Å². The van der Waals surface area contributed by atoms with Crippen molar-refractivity contribution in [2.75, 3.05) is 6.54 Å². The van der Waals surface area contributed by atoms with Crippen molar-refractivity contribution in [1.29, 1.82) is 0 Å². The minimum atomic E-state index is 0.332. The Morgan fingerprint density at radius 1 is 0.968 bits per heavy atom. The standard InChI is InChI=1S/C26H28N4O/c1-19-23(18-30-16-7-6-10-24(30)25-27-15-17-29(25)2)28-26(31-19)22-13-11-21(12-14-22)20-8-4-3-5-9-20/h3-5,8-9,11-15,17,24H,6-7,10,16,18H2,1-2H3. The Bertz CT molecular complexity index is 1140. The van der Waals surface area contributed by atoms with E-state index in [1.807, 2.05) is 25.4 Å². The van der Waals surface area contributed by atoms with E-state index in [0.717, 1.165) is 42.4 Å². The average molecular weight is 413 g/mol. The zero-order chi connectivity index (χ0) is 21.2. The highest BCUT2D eigenvalue weighted by Gasteiger charge is 2.28. The second-order valence-electron chi connectivity index (χ2n) is 8.34. The van der Waals surface area contributed by atoms with Gasteiger partial charge in [-0.3, -0.25) is 4.90 Å². The maximum Gasteiger partial charge on any atom is 0.226 e. The third-order valence-corrected chi connectivity index (χ3v) is 6.25. The first-order chi connectivity index (χ1) is 15.2. The normalized spacial score (nSPS) is 17.2. The molecule has 1 atom stereocenters. The Morgan fingerprint density at radius 2 is 1.71 bits per heavy atom. The molecule has 0 amide bonds. The molecule has 31 heavy (non-hydrogen) atoms. The molecule has 1 fully saturated rings. The van der Waals surface area contributed by atoms with Crippen molar-refractivity contribution in [1.82, 2.24) is 19.4 Å². The fourth-order valence-electron chi connectivity index (χ4n) is 4.50. The van der Waals surface area contributed by atoms with Crippen LogP contribution in [0.25, 0.3) is 22.6 Å². The molecule has 1 saturated heterocycles. The predicted molar refractivity (Wildman–Crippen MR) is 122 cm³/mol. The van der Waals surface area contributed by atoms with Gasteiger partial charge in [0, 0.05) is 31.5 Å². The first-order valence-corrected chi connectivity index (χ1v) is 11.0. The molecule has 5 rings (SSSR count). The number of nitrogens with zero attached hydrogens (tertiary/aromatic N) is 4. The van der Waals surface area contributed by atoms with Gasteiger partial charge in [0.2, 0.25) is 5.89 Å². The molecule has 0 bridgehead atoms. The SMILES string of the molecule is Cc1oc(-c2ccc(-c3ccccc3)cc2)nc1CN1CCCCC1c1nccn1C. The summed E-state index contributed by atoms with van der Waals surface area (Å²) >= 11 is 0. The molecular formula is C26H28N4O. The number of rotatable bonds is 5. The molecule has 158 valence electrons. The highest BCUT2D eigenvalue weighted by Crippen LogP contribution is 2.32. The van der Waals surface area contributed by atoms with Crippen LogP contribution < -0.4 is 0 Å². The highest BCUT2D eigenvalue weighted by atomic mass is 16.4. The van der Waals surface area contributed by atoms with Crippen LogP contribution in [0.5, 0.6) is 0 Å². The second kappa shape index (κ2) is 8.52. The molecule has 3 heterocycles. The lowest BCUT2D eigenvalue weighted by Gasteiger charge is -2.34. The maximum atomic E-state index is 6.08. The minimum Gasteiger partial charge on any atom is -0.441 e. The number of hydrogen-bond donors (Lipinski definition) is 0. The summed E-state index contributed by atoms with van der Waals surface area (Å²) in [5, 5.41) is 0. The largest absolute Gasteiger partial charge is 0.441 e. The summed E-state index contributed by atoms with van der Waals surface area (Å²) in [5.41, 5.74) is 4.43. The van der Waals surface area contributed by atoms with Gasteiger partial charge in [0.15, 0.2) is 0 Å². The molecule has 0 spiro atoms. The average Bonchev–Trinajstić information content (AvgIpc) is 3.40. The molecule has 2 aromatic carbocycles. The van der Waals surface area contributed by atoms with Gasteiger partial charge in [0.25, 0.3) is 0 Å². The molecule has 2 aromatic heterocycles. The van der Waals surface area contributed by atoms with Gasteiger partial charge in [-0.05, 0) is 49.6 Å². The van der Waals surface area contributed by atoms with Crippen LogP contribution in [-0.4, -0.2) is 26.0 Å². The van der Waals surface area contributed by atoms with Gasteiger partial charge in [-0.25, -0.2) is 9.97 Å². The number of aromatic nitrogens is 3. The van der Waals surface area contributed by atoms with Crippen LogP contribution in [-0.2, 0) is 13.6 Å². The summed E-state index contributed by atoms with van der Waals surface area (Å²) in [6.07, 6.45) is 7.51. The molecule has 0 aliphatic carbocycles. The van der Waals surface area contributed by atoms with Gasteiger partial charge in [-0.2, -0.15) is 0 Å². The molecule has 0 saturated carbocycles. The van der Waals surface area contributed by atoms with Crippen LogP contribution in [0.3, 0.4) is 0 Å². The number of piperidine rings is 1. The third kappa shape index (κ3) is 4.06. The number of imidazole rings is 1. The van der Waals surface area contributed by atoms with Gasteiger partial charge in [0.05, 0.1) is 11.7 Å². The summed E-state index contributed by atoms with van der Waals surface area (Å²) in [4.78, 5) is 12.0. The Kier molecular flexibility index (Phi) is 5.43. The number of hydrogen-bond acceptors (Lipinski definition) is 4. The molecule has 0 radical (unpaired) electrons. The molecule has 1 unspecified atom stereocenters. The van der Waals surface area contributed by atoms with E-state index in [1.54, 1.807) is 0 Å². The van der Waals surface area contributed by atoms with E-state index in [4.69, 9.17) is 9.40 Å². The van der Waals surface area contributed by atoms with Crippen LogP contribution in [0.1, 0.15) is 42.6 Å². The number of aryl methyl sites for hydroxylation is 2. The second-order valence-corrected chi connectivity index (χ2v) is 8.34. The smallest absolute Gasteiger partial charge is 0.226 e. The van der Waals surface area contributed by atoms with Gasteiger partial charge in [-0.1, -0.05) is 48.9 Å². The fraction of sp³-hybridized carbons (Fsp3) is 0.308. The van der Waals surface area contributed by atoms with Crippen LogP contribution in [0, 0.1) is 6.92 Å². The van der Waals surface area contributed by atoms with E-state index < -0.39 is 0 Å². The lowest BCUT2D eigenvalue weighted by Crippen LogP contribution is -2.34. The molecule has 5 nitrogen and oxygen atoms in total. The van der Waals surface area contributed by atoms with Gasteiger partial charge >= 0.3 is 0 Å². The van der Waals surface area contributed by atoms with Crippen molar-refractivity contribution in [2.24, 2.45) is 7.05 Å². The first kappa shape index (κ1) is 19.8. The number of benzene rings is 2. The van der Waals surface area contributed by atoms with E-state index >= 15 is 0 Å². The molecule has 1 aliphatic rings. The number of oxazole rings is 1. The summed E-state index contributed by atoms with van der Waals surface area (Å²) in [7, 11) is 2.08. The Balaban J connectivity index is 1.36. The molecule has 4 aromatic rings. The van der Waals surface area contributed by atoms with E-state index in [0.29, 0.717) is 11.9 Å². The van der Waals surface area contributed by atoms with E-state index in [2.05, 4.69) is 70.0 Å². The van der Waals surface area contributed by atoms with Crippen LogP contribution in [0.15, 0.2) is 71.4 Å². The van der Waals surface area contributed by atoms with E-state index in [9.17, 15) is 0 Å². The minimum absolute atomic E-state index is 0.332. The van der Waals surface area contributed by atoms with Crippen LogP contribution in [0.2, 0.25) is 0 Å². The van der Waals surface area contributed by atoms with E-state index in [1.165, 1.54) is 24.0 Å². The quantitative estimate of drug-likeness (QED) is 0.417. The van der Waals surface area contributed by atoms with Crippen molar-refractivity contribution in [2.45, 2.75) is 38.8 Å². The van der Waals surface area contributed by atoms with Gasteiger partial charge < -0.3 is 8.98 Å². The van der Waals surface area contributed by atoms with Crippen molar-refractivity contribution < 1.29 is 4.42 Å². The molecule has 1 aliphatic heterocycles. The summed E-state index contributed by atoms with van der Waals surface area (Å²) in [6, 6.07) is 19.2. The van der Waals surface area contributed by atoms with Crippen molar-refractivity contribution in [3.8, 4) is 22.6 Å². The maximum absolute atomic E-state index is 6.08. The predicted octanol–water partition coefficient (Wildman–Crippen LogP) is 5.78. The Hall–Kier alpha value is -3.18. The molecule has 0 N–H and O–H groups in total. The third-order valence-electron chi connectivity index (χ3n) is 6.25. The molecule has 5 heteroatoms. The Morgan fingerprint density at radius 3 is 2.45 bits per heavy atom. The van der Waals surface area contributed by atoms with Gasteiger partial charge in [-0.15, -0.1) is 0 Å². The summed E-state index contributed by atoms with van der Waals surface area (Å²) < 4.78 is 8.22. The lowest BCUT2D eigenvalue weighted by atomic mass is 10.0. The van der Waals surface area contributed by atoms with Crippen molar-refractivity contribution in [3.05, 3.63) is 84.3 Å². The monoisotopic (exact) mass is 412 g/mol. The first-order valence-electron chi connectivity index (χ1n) is 11.0. The highest BCUT2D eigenvalue weighted by molar-refractivity contribution is 5.67. The summed E-state index contributed by atoms with van der Waals surface area (Å²) in [5.74, 6) is 2.72. The zero-order valence-corrected chi connectivity index (χ0v) is 18.2. The Labute approximate surface area is 183 Å². The lowest BCUT2D eigenvalue weighted by molar-refractivity contribution is 0.129. The zero-order valence-electron chi connectivity index (χ0n) is 18.2. The summed E-state index contributed by atoms with van der Waals surface area (Å²) in [6.45, 7) is 3.86. The van der Waals surface area contributed by atoms with Gasteiger partial charge in [0.1, 0.15) is 11.6 Å². The van der Waals surface area contributed by atoms with Crippen molar-refractivity contribution >= 4 is 0 Å². The van der Waals surface area contributed by atoms with Crippen LogP contribution >= 0.6 is 0 Å². The van der Waals surface area contributed by atoms with Crippen molar-refractivity contribution in [3.63, 3.8) is 0 Å². The fourth-order valence-corrected chi connectivity index (χ4v) is 4.50.